The average Bonchev–Trinajstić information content (AvgIpc) is 3.98. The summed E-state index contributed by atoms with van der Waals surface area (Å²) in [6.45, 7) is 6.68. The third kappa shape index (κ3) is 5.21. The predicted molar refractivity (Wildman–Crippen MR) is 296 cm³/mol. The van der Waals surface area contributed by atoms with Crippen LogP contribution >= 0.6 is 0 Å². The summed E-state index contributed by atoms with van der Waals surface area (Å²) in [5.74, 6) is 0. The van der Waals surface area contributed by atoms with Crippen LogP contribution in [-0.2, 0) is 5.41 Å². The summed E-state index contributed by atoms with van der Waals surface area (Å²) in [6.07, 6.45) is 0. The summed E-state index contributed by atoms with van der Waals surface area (Å²) in [5.41, 5.74) is 17.8. The highest BCUT2D eigenvalue weighted by Gasteiger charge is 2.55. The highest BCUT2D eigenvalue weighted by Crippen LogP contribution is 2.54. The molecule has 2 aromatic heterocycles. The predicted octanol–water partition coefficient (Wildman–Crippen LogP) is 12.8. The standard InChI is InChI=1S/C64H45BN2O2Si/c1-64(2,3)41-34-36-50(47(38-41)40-20-7-4-8-21-40)66-52-39-48-44-26-13-16-30-53(44)69-63(48)59-46-28-19-33-57-61(46)67(65(60(52)59)49-35-37-55-58(62(49)66)45-27-14-17-31-54(45)68-55)51-29-15-18-32-56(51)70(57,42-22-9-5-10-23-42)43-24-11-6-12-25-43/h4-39H,1-3H3. The maximum Gasteiger partial charge on any atom is 0.333 e. The summed E-state index contributed by atoms with van der Waals surface area (Å²) in [4.78, 5) is 5.32. The lowest BCUT2D eigenvalue weighted by atomic mass is 9.43. The molecular formula is C64H45BN2O2Si. The topological polar surface area (TPSA) is 32.8 Å². The van der Waals surface area contributed by atoms with Crippen LogP contribution in [0.2, 0.25) is 0 Å². The Bertz CT molecular complexity index is 4100. The minimum atomic E-state index is -2.98. The van der Waals surface area contributed by atoms with Crippen molar-refractivity contribution in [3.05, 3.63) is 224 Å². The van der Waals surface area contributed by atoms with Crippen molar-refractivity contribution in [2.45, 2.75) is 26.2 Å². The van der Waals surface area contributed by atoms with E-state index in [1.807, 2.05) is 0 Å². The minimum Gasteiger partial charge on any atom is -0.456 e. The van der Waals surface area contributed by atoms with Gasteiger partial charge < -0.3 is 18.5 Å². The fourth-order valence-electron chi connectivity index (χ4n) is 12.7. The van der Waals surface area contributed by atoms with E-state index in [1.54, 1.807) is 0 Å². The first kappa shape index (κ1) is 39.7. The molecule has 0 radical (unpaired) electrons. The van der Waals surface area contributed by atoms with Gasteiger partial charge in [0, 0.05) is 49.9 Å². The van der Waals surface area contributed by atoms with Gasteiger partial charge in [0.2, 0.25) is 0 Å². The van der Waals surface area contributed by atoms with Crippen LogP contribution in [0.15, 0.2) is 227 Å². The highest BCUT2D eigenvalue weighted by molar-refractivity contribution is 7.22. The molecule has 0 spiro atoms. The molecule has 5 heterocycles. The summed E-state index contributed by atoms with van der Waals surface area (Å²) in [7, 11) is -2.98. The first-order chi connectivity index (χ1) is 34.4. The Labute approximate surface area is 407 Å². The molecule has 4 nitrogen and oxygen atoms in total. The lowest BCUT2D eigenvalue weighted by Crippen LogP contribution is -2.79. The van der Waals surface area contributed by atoms with Gasteiger partial charge in [-0.1, -0.05) is 197 Å². The number of anilines is 5. The van der Waals surface area contributed by atoms with Crippen molar-refractivity contribution in [2.75, 3.05) is 9.71 Å². The largest absolute Gasteiger partial charge is 0.456 e. The second kappa shape index (κ2) is 14.4. The van der Waals surface area contributed by atoms with Gasteiger partial charge in [0.15, 0.2) is 8.07 Å². The van der Waals surface area contributed by atoms with E-state index in [0.717, 1.165) is 66.5 Å². The van der Waals surface area contributed by atoms with Gasteiger partial charge in [-0.3, -0.25) is 0 Å². The number of benzene rings is 10. The zero-order valence-electron chi connectivity index (χ0n) is 39.1. The van der Waals surface area contributed by atoms with Gasteiger partial charge in [0.1, 0.15) is 22.3 Å². The van der Waals surface area contributed by atoms with Crippen LogP contribution in [0.1, 0.15) is 26.3 Å². The number of hydrogen-bond donors (Lipinski definition) is 0. The normalized spacial score (nSPS) is 14.2. The van der Waals surface area contributed by atoms with Crippen LogP contribution in [-0.4, -0.2) is 14.9 Å². The molecular weight excluding hydrogens is 868 g/mol. The molecule has 0 N–H and O–H groups in total. The van der Waals surface area contributed by atoms with Crippen molar-refractivity contribution < 1.29 is 8.83 Å². The van der Waals surface area contributed by atoms with Gasteiger partial charge in [-0.25, -0.2) is 0 Å². The first-order valence-electron chi connectivity index (χ1n) is 24.5. The average molecular weight is 913 g/mol. The van der Waals surface area contributed by atoms with Gasteiger partial charge in [0.05, 0.1) is 16.8 Å². The summed E-state index contributed by atoms with van der Waals surface area (Å²) in [6, 6.07) is 81.4. The van der Waals surface area contributed by atoms with Gasteiger partial charge >= 0.3 is 6.85 Å². The monoisotopic (exact) mass is 912 g/mol. The highest BCUT2D eigenvalue weighted by atomic mass is 28.3. The number of fused-ring (bicyclic) bond motifs is 14. The molecule has 15 rings (SSSR count). The molecule has 12 aromatic rings. The molecule has 6 heteroatoms. The van der Waals surface area contributed by atoms with E-state index in [0.29, 0.717) is 0 Å². The van der Waals surface area contributed by atoms with Crippen molar-refractivity contribution in [2.24, 2.45) is 0 Å². The van der Waals surface area contributed by atoms with E-state index < -0.39 is 8.07 Å². The number of rotatable bonds is 4. The van der Waals surface area contributed by atoms with Crippen molar-refractivity contribution in [1.82, 2.24) is 0 Å². The zero-order valence-corrected chi connectivity index (χ0v) is 40.1. The maximum atomic E-state index is 7.25. The molecule has 0 saturated carbocycles. The fourth-order valence-corrected chi connectivity index (χ4v) is 17.9. The molecule has 0 amide bonds. The van der Waals surface area contributed by atoms with Crippen LogP contribution in [0, 0.1) is 0 Å². The lowest BCUT2D eigenvalue weighted by molar-refractivity contribution is 0.590. The molecule has 0 bridgehead atoms. The quantitative estimate of drug-likeness (QED) is 0.165. The Balaban J connectivity index is 1.16. The van der Waals surface area contributed by atoms with E-state index in [2.05, 4.69) is 249 Å². The third-order valence-electron chi connectivity index (χ3n) is 15.6. The first-order valence-corrected chi connectivity index (χ1v) is 26.5. The van der Waals surface area contributed by atoms with Crippen LogP contribution in [0.4, 0.5) is 28.4 Å². The van der Waals surface area contributed by atoms with Crippen molar-refractivity contribution in [3.63, 3.8) is 0 Å². The van der Waals surface area contributed by atoms with E-state index >= 15 is 0 Å². The van der Waals surface area contributed by atoms with E-state index in [9.17, 15) is 0 Å². The molecule has 0 saturated heterocycles. The fraction of sp³-hybridized carbons (Fsp3) is 0.0625. The van der Waals surface area contributed by atoms with Gasteiger partial charge in [-0.05, 0) is 90.7 Å². The minimum absolute atomic E-state index is 0.0735. The van der Waals surface area contributed by atoms with Crippen LogP contribution < -0.4 is 41.4 Å². The van der Waals surface area contributed by atoms with E-state index in [-0.39, 0.29) is 12.3 Å². The molecule has 330 valence electrons. The number of nitrogens with zero attached hydrogens (tertiary/aromatic N) is 2. The number of para-hydroxylation sites is 4. The third-order valence-corrected chi connectivity index (χ3v) is 20.5. The maximum absolute atomic E-state index is 7.25. The zero-order chi connectivity index (χ0) is 46.5. The Morgan fingerprint density at radius 2 is 1.10 bits per heavy atom. The molecule has 0 aliphatic carbocycles. The lowest BCUT2D eigenvalue weighted by Gasteiger charge is -2.52. The van der Waals surface area contributed by atoms with E-state index in [1.165, 1.54) is 65.3 Å². The SMILES string of the molecule is CC(C)(C)c1ccc(N2c3cc4c(oc5ccccc54)c4c3B(c3ccc5oc6ccccc6c5c32)N2c3ccccc3[Si](c3ccccc3)(c3ccccc3)c3cccc-4c32)c(-c2ccccc2)c1. The Hall–Kier alpha value is -8.32. The summed E-state index contributed by atoms with van der Waals surface area (Å²) < 4.78 is 14.1. The molecule has 10 aromatic carbocycles. The molecule has 0 fully saturated rings. The van der Waals surface area contributed by atoms with Gasteiger partial charge in [-0.2, -0.15) is 0 Å². The Morgan fingerprint density at radius 3 is 1.84 bits per heavy atom. The molecule has 3 aliphatic rings. The van der Waals surface area contributed by atoms with E-state index in [4.69, 9.17) is 8.83 Å². The second-order valence-corrected chi connectivity index (χ2v) is 24.0. The number of hydrogen-bond acceptors (Lipinski definition) is 4. The summed E-state index contributed by atoms with van der Waals surface area (Å²) >= 11 is 0. The van der Waals surface area contributed by atoms with Crippen molar-refractivity contribution in [1.29, 1.82) is 0 Å². The molecule has 0 atom stereocenters. The van der Waals surface area contributed by atoms with Gasteiger partial charge in [0.25, 0.3) is 0 Å². The van der Waals surface area contributed by atoms with Crippen molar-refractivity contribution >= 4 is 119 Å². The van der Waals surface area contributed by atoms with Crippen LogP contribution in [0.3, 0.4) is 0 Å². The second-order valence-electron chi connectivity index (χ2n) is 20.3. The smallest absolute Gasteiger partial charge is 0.333 e. The summed E-state index contributed by atoms with van der Waals surface area (Å²) in [5, 5.41) is 9.91. The molecule has 3 aliphatic heterocycles. The molecule has 0 unspecified atom stereocenters. The van der Waals surface area contributed by atoms with Gasteiger partial charge in [-0.15, -0.1) is 0 Å². The Morgan fingerprint density at radius 1 is 0.457 bits per heavy atom. The molecule has 70 heavy (non-hydrogen) atoms. The van der Waals surface area contributed by atoms with Crippen LogP contribution in [0.25, 0.3) is 66.1 Å². The van der Waals surface area contributed by atoms with Crippen molar-refractivity contribution in [3.8, 4) is 22.3 Å². The number of furan rings is 2. The Kier molecular flexibility index (Phi) is 8.14. The van der Waals surface area contributed by atoms with Crippen LogP contribution in [0.5, 0.6) is 0 Å².